The molecule has 0 atom stereocenters. The Morgan fingerprint density at radius 3 is 2.61 bits per heavy atom. The van der Waals surface area contributed by atoms with Gasteiger partial charge in [-0.05, 0) is 42.0 Å². The summed E-state index contributed by atoms with van der Waals surface area (Å²) in [5, 5.41) is 10.6. The lowest BCUT2D eigenvalue weighted by molar-refractivity contribution is 0.0696. The molecular formula is C23H22N2O3. The molecule has 2 aromatic carbocycles. The molecule has 3 aromatic rings. The number of aromatic carboxylic acids is 1. The van der Waals surface area contributed by atoms with Crippen molar-refractivity contribution in [3.05, 3.63) is 70.9 Å². The fourth-order valence-electron chi connectivity index (χ4n) is 3.75. The molecule has 0 radical (unpaired) electrons. The van der Waals surface area contributed by atoms with Gasteiger partial charge in [-0.25, -0.2) is 9.78 Å². The van der Waals surface area contributed by atoms with Gasteiger partial charge in [0.15, 0.2) is 0 Å². The highest BCUT2D eigenvalue weighted by atomic mass is 16.5. The van der Waals surface area contributed by atoms with E-state index >= 15 is 0 Å². The van der Waals surface area contributed by atoms with Crippen molar-refractivity contribution < 1.29 is 14.6 Å². The van der Waals surface area contributed by atoms with Crippen LogP contribution in [0.25, 0.3) is 22.6 Å². The first-order valence-corrected chi connectivity index (χ1v) is 9.33. The molecule has 5 heteroatoms. The average molecular weight is 374 g/mol. The average Bonchev–Trinajstić information content (AvgIpc) is 2.72. The van der Waals surface area contributed by atoms with Gasteiger partial charge in [0.1, 0.15) is 5.75 Å². The van der Waals surface area contributed by atoms with Gasteiger partial charge in [-0.15, -0.1) is 0 Å². The highest BCUT2D eigenvalue weighted by molar-refractivity contribution is 6.06. The smallest absolute Gasteiger partial charge is 0.336 e. The van der Waals surface area contributed by atoms with E-state index in [2.05, 4.69) is 17.9 Å². The number of para-hydroxylation sites is 1. The number of pyridine rings is 1. The van der Waals surface area contributed by atoms with Crippen LogP contribution >= 0.6 is 0 Å². The summed E-state index contributed by atoms with van der Waals surface area (Å²) in [6, 6.07) is 15.3. The maximum Gasteiger partial charge on any atom is 0.336 e. The van der Waals surface area contributed by atoms with Crippen LogP contribution in [0.1, 0.15) is 34.1 Å². The van der Waals surface area contributed by atoms with Gasteiger partial charge in [0.25, 0.3) is 0 Å². The predicted molar refractivity (Wildman–Crippen MR) is 111 cm³/mol. The second-order valence-electron chi connectivity index (χ2n) is 6.88. The lowest BCUT2D eigenvalue weighted by Gasteiger charge is -2.30. The van der Waals surface area contributed by atoms with Crippen LogP contribution in [-0.2, 0) is 6.54 Å². The first-order chi connectivity index (χ1) is 13.6. The van der Waals surface area contributed by atoms with E-state index in [0.29, 0.717) is 23.0 Å². The summed E-state index contributed by atoms with van der Waals surface area (Å²) < 4.78 is 5.23. The van der Waals surface area contributed by atoms with Crippen LogP contribution in [0.5, 0.6) is 5.75 Å². The second kappa shape index (κ2) is 7.44. The number of hydrogen-bond donors (Lipinski definition) is 1. The Labute approximate surface area is 163 Å². The molecule has 1 N–H and O–H groups in total. The van der Waals surface area contributed by atoms with Crippen LogP contribution in [0.2, 0.25) is 0 Å². The number of fused-ring (bicyclic) bond motifs is 2. The van der Waals surface area contributed by atoms with Crippen molar-refractivity contribution in [1.82, 2.24) is 9.88 Å². The van der Waals surface area contributed by atoms with Crippen LogP contribution in [0.3, 0.4) is 0 Å². The molecule has 0 aliphatic carbocycles. The lowest BCUT2D eigenvalue weighted by Crippen LogP contribution is -2.31. The Morgan fingerprint density at radius 1 is 1.18 bits per heavy atom. The zero-order valence-electron chi connectivity index (χ0n) is 16.0. The summed E-state index contributed by atoms with van der Waals surface area (Å²) >= 11 is 0. The minimum absolute atomic E-state index is 0.361. The zero-order valence-corrected chi connectivity index (χ0v) is 16.0. The number of aromatic nitrogens is 1. The molecule has 1 aliphatic rings. The SMILES string of the molecule is CCN1C/C(=C/c2ccc(OC)cc2)c2nc3ccccc3c(C(=O)O)c2C1. The van der Waals surface area contributed by atoms with Gasteiger partial charge >= 0.3 is 5.97 Å². The first-order valence-electron chi connectivity index (χ1n) is 9.33. The predicted octanol–water partition coefficient (Wildman–Crippen LogP) is 4.32. The van der Waals surface area contributed by atoms with E-state index in [1.165, 1.54) is 0 Å². The molecule has 1 aromatic heterocycles. The summed E-state index contributed by atoms with van der Waals surface area (Å²) in [5.41, 5.74) is 4.72. The molecular weight excluding hydrogens is 352 g/mol. The number of ether oxygens (including phenoxy) is 1. The van der Waals surface area contributed by atoms with E-state index in [9.17, 15) is 9.90 Å². The molecule has 0 amide bonds. The van der Waals surface area contributed by atoms with Crippen LogP contribution in [0.15, 0.2) is 48.5 Å². The molecule has 0 bridgehead atoms. The van der Waals surface area contributed by atoms with Gasteiger partial charge in [0, 0.05) is 24.0 Å². The van der Waals surface area contributed by atoms with Crippen molar-refractivity contribution in [2.75, 3.05) is 20.2 Å². The molecule has 0 saturated carbocycles. The number of hydrogen-bond acceptors (Lipinski definition) is 4. The Hall–Kier alpha value is -3.18. The molecule has 1 aliphatic heterocycles. The Kier molecular flexibility index (Phi) is 4.84. The second-order valence-corrected chi connectivity index (χ2v) is 6.88. The van der Waals surface area contributed by atoms with E-state index in [0.717, 1.165) is 41.2 Å². The molecule has 0 unspecified atom stereocenters. The van der Waals surface area contributed by atoms with Crippen LogP contribution in [-0.4, -0.2) is 41.2 Å². The summed E-state index contributed by atoms with van der Waals surface area (Å²) in [5.74, 6) is -0.102. The first kappa shape index (κ1) is 18.2. The Balaban J connectivity index is 1.93. The van der Waals surface area contributed by atoms with Crippen LogP contribution in [0.4, 0.5) is 0 Å². The number of rotatable bonds is 4. The quantitative estimate of drug-likeness (QED) is 0.737. The van der Waals surface area contributed by atoms with Gasteiger partial charge in [0.2, 0.25) is 0 Å². The number of likely N-dealkylation sites (N-methyl/N-ethyl adjacent to an activating group) is 1. The third-order valence-corrected chi connectivity index (χ3v) is 5.19. The number of methoxy groups -OCH3 is 1. The fraction of sp³-hybridized carbons (Fsp3) is 0.217. The van der Waals surface area contributed by atoms with Crippen molar-refractivity contribution in [3.63, 3.8) is 0 Å². The summed E-state index contributed by atoms with van der Waals surface area (Å²) in [4.78, 5) is 19.2. The van der Waals surface area contributed by atoms with E-state index in [1.807, 2.05) is 48.5 Å². The third-order valence-electron chi connectivity index (χ3n) is 5.19. The highest BCUT2D eigenvalue weighted by Crippen LogP contribution is 2.34. The Morgan fingerprint density at radius 2 is 1.93 bits per heavy atom. The lowest BCUT2D eigenvalue weighted by atomic mass is 9.92. The number of nitrogens with zero attached hydrogens (tertiary/aromatic N) is 2. The van der Waals surface area contributed by atoms with Crippen molar-refractivity contribution in [2.24, 2.45) is 0 Å². The number of carbonyl (C=O) groups is 1. The van der Waals surface area contributed by atoms with Gasteiger partial charge in [-0.1, -0.05) is 37.3 Å². The normalized spacial score (nSPS) is 15.6. The maximum absolute atomic E-state index is 12.1. The monoisotopic (exact) mass is 374 g/mol. The van der Waals surface area contributed by atoms with Crippen LogP contribution < -0.4 is 4.74 Å². The Bertz CT molecular complexity index is 1070. The number of carboxylic acids is 1. The minimum Gasteiger partial charge on any atom is -0.497 e. The van der Waals surface area contributed by atoms with E-state index < -0.39 is 5.97 Å². The topological polar surface area (TPSA) is 62.7 Å². The summed E-state index contributed by atoms with van der Waals surface area (Å²) in [6.45, 7) is 4.25. The number of benzene rings is 2. The van der Waals surface area contributed by atoms with Gasteiger partial charge in [-0.2, -0.15) is 0 Å². The molecule has 28 heavy (non-hydrogen) atoms. The summed E-state index contributed by atoms with van der Waals surface area (Å²) in [7, 11) is 1.65. The maximum atomic E-state index is 12.1. The van der Waals surface area contributed by atoms with E-state index in [1.54, 1.807) is 7.11 Å². The molecule has 0 fully saturated rings. The summed E-state index contributed by atoms with van der Waals surface area (Å²) in [6.07, 6.45) is 2.09. The molecule has 0 saturated heterocycles. The highest BCUT2D eigenvalue weighted by Gasteiger charge is 2.27. The molecule has 5 nitrogen and oxygen atoms in total. The third kappa shape index (κ3) is 3.25. The zero-order chi connectivity index (χ0) is 19.7. The molecule has 142 valence electrons. The minimum atomic E-state index is -0.906. The molecule has 4 rings (SSSR count). The van der Waals surface area contributed by atoms with Crippen molar-refractivity contribution in [2.45, 2.75) is 13.5 Å². The van der Waals surface area contributed by atoms with E-state index in [-0.39, 0.29) is 0 Å². The van der Waals surface area contributed by atoms with Crippen molar-refractivity contribution >= 4 is 28.5 Å². The van der Waals surface area contributed by atoms with Gasteiger partial charge < -0.3 is 9.84 Å². The number of carboxylic acid groups (broad SMARTS) is 1. The molecule has 0 spiro atoms. The molecule has 2 heterocycles. The van der Waals surface area contributed by atoms with Crippen LogP contribution in [0, 0.1) is 0 Å². The van der Waals surface area contributed by atoms with Gasteiger partial charge in [-0.3, -0.25) is 4.90 Å². The standard InChI is InChI=1S/C23H22N2O3/c1-3-25-13-16(12-15-8-10-17(28-2)11-9-15)22-19(14-25)21(23(26)27)18-6-4-5-7-20(18)24-22/h4-12H,3,13-14H2,1-2H3,(H,26,27)/b16-12-. The van der Waals surface area contributed by atoms with Crippen molar-refractivity contribution in [1.29, 1.82) is 0 Å². The largest absolute Gasteiger partial charge is 0.497 e. The van der Waals surface area contributed by atoms with Crippen molar-refractivity contribution in [3.8, 4) is 5.75 Å². The van der Waals surface area contributed by atoms with E-state index in [4.69, 9.17) is 9.72 Å². The fourth-order valence-corrected chi connectivity index (χ4v) is 3.75. The van der Waals surface area contributed by atoms with Gasteiger partial charge in [0.05, 0.1) is 23.9 Å².